The van der Waals surface area contributed by atoms with Crippen molar-refractivity contribution in [3.8, 4) is 0 Å². The lowest BCUT2D eigenvalue weighted by Gasteiger charge is -2.32. The van der Waals surface area contributed by atoms with Crippen LogP contribution >= 0.6 is 0 Å². The molecule has 0 radical (unpaired) electrons. The molecule has 0 aromatic heterocycles. The van der Waals surface area contributed by atoms with Crippen molar-refractivity contribution in [2.75, 3.05) is 7.11 Å². The molecule has 0 unspecified atom stereocenters. The second-order valence-corrected chi connectivity index (χ2v) is 7.24. The van der Waals surface area contributed by atoms with Crippen molar-refractivity contribution in [3.63, 3.8) is 0 Å². The van der Waals surface area contributed by atoms with Crippen LogP contribution in [0.4, 0.5) is 9.59 Å². The first-order valence-electron chi connectivity index (χ1n) is 7.76. The molecule has 0 spiro atoms. The van der Waals surface area contributed by atoms with E-state index in [0.29, 0.717) is 11.3 Å². The third-order valence-electron chi connectivity index (χ3n) is 2.61. The molecule has 0 heterocycles. The van der Waals surface area contributed by atoms with E-state index in [-0.39, 0.29) is 6.42 Å². The summed E-state index contributed by atoms with van der Waals surface area (Å²) < 4.78 is 15.2. The fourth-order valence-corrected chi connectivity index (χ4v) is 1.72. The van der Waals surface area contributed by atoms with Gasteiger partial charge in [-0.15, -0.1) is 6.58 Å². The number of carbonyl (C=O) groups is 3. The number of nitrogens with zero attached hydrogens (tertiary/aromatic N) is 1. The number of ether oxygens (including phenoxy) is 3. The average Bonchev–Trinajstić information content (AvgIpc) is 2.38. The lowest BCUT2D eigenvalue weighted by atomic mass is 10.1. The Kier molecular flexibility index (Phi) is 7.96. The molecule has 0 saturated heterocycles. The average molecular weight is 343 g/mol. The van der Waals surface area contributed by atoms with E-state index in [1.165, 1.54) is 7.11 Å². The first kappa shape index (κ1) is 21.9. The number of amides is 2. The molecule has 0 rings (SSSR count). The Bertz CT molecular complexity index is 444. The quantitative estimate of drug-likeness (QED) is 0.430. The van der Waals surface area contributed by atoms with Crippen LogP contribution in [0.1, 0.15) is 54.4 Å². The predicted molar refractivity (Wildman–Crippen MR) is 89.5 cm³/mol. The molecular weight excluding hydrogens is 314 g/mol. The van der Waals surface area contributed by atoms with Crippen LogP contribution in [0.2, 0.25) is 0 Å². The summed E-state index contributed by atoms with van der Waals surface area (Å²) >= 11 is 0. The van der Waals surface area contributed by atoms with E-state index >= 15 is 0 Å². The Morgan fingerprint density at radius 1 is 1.00 bits per heavy atom. The smallest absolute Gasteiger partial charge is 0.420 e. The summed E-state index contributed by atoms with van der Waals surface area (Å²) in [5.74, 6) is -0.728. The van der Waals surface area contributed by atoms with Crippen molar-refractivity contribution in [3.05, 3.63) is 12.7 Å². The Balaban J connectivity index is 5.69. The van der Waals surface area contributed by atoms with E-state index in [0.717, 1.165) is 0 Å². The molecule has 7 nitrogen and oxygen atoms in total. The first-order valence-corrected chi connectivity index (χ1v) is 7.76. The minimum Gasteiger partial charge on any atom is -0.467 e. The molecule has 1 atom stereocenters. The summed E-state index contributed by atoms with van der Waals surface area (Å²) in [6, 6.07) is -1.15. The fourth-order valence-electron chi connectivity index (χ4n) is 1.72. The third-order valence-corrected chi connectivity index (χ3v) is 2.61. The Morgan fingerprint density at radius 3 is 1.71 bits per heavy atom. The van der Waals surface area contributed by atoms with Gasteiger partial charge in [0.05, 0.1) is 7.11 Å². The maximum absolute atomic E-state index is 12.5. The number of hydrogen-bond donors (Lipinski definition) is 0. The van der Waals surface area contributed by atoms with E-state index in [2.05, 4.69) is 6.58 Å². The van der Waals surface area contributed by atoms with Crippen molar-refractivity contribution in [2.24, 2.45) is 0 Å². The van der Waals surface area contributed by atoms with Crippen LogP contribution in [0.15, 0.2) is 12.7 Å². The normalized spacial score (nSPS) is 12.8. The molecule has 0 aromatic carbocycles. The van der Waals surface area contributed by atoms with Gasteiger partial charge in [0.2, 0.25) is 0 Å². The number of allylic oxidation sites excluding steroid dienone is 1. The van der Waals surface area contributed by atoms with E-state index in [9.17, 15) is 14.4 Å². The lowest BCUT2D eigenvalue weighted by Crippen LogP contribution is -2.52. The van der Waals surface area contributed by atoms with Crippen LogP contribution in [0.3, 0.4) is 0 Å². The molecule has 138 valence electrons. The highest BCUT2D eigenvalue weighted by atomic mass is 16.6. The third kappa shape index (κ3) is 7.99. The Hall–Kier alpha value is -2.05. The van der Waals surface area contributed by atoms with Gasteiger partial charge in [0.15, 0.2) is 0 Å². The SMILES string of the molecule is C=CCC[C@@H](C(=O)OC)N(C(=O)OC(C)(C)C)C(=O)OC(C)(C)C. The van der Waals surface area contributed by atoms with Crippen molar-refractivity contribution in [1.29, 1.82) is 0 Å². The summed E-state index contributed by atoms with van der Waals surface area (Å²) in [7, 11) is 1.19. The largest absolute Gasteiger partial charge is 0.467 e. The fraction of sp³-hybridized carbons (Fsp3) is 0.706. The second-order valence-electron chi connectivity index (χ2n) is 7.24. The van der Waals surface area contributed by atoms with Crippen LogP contribution in [0, 0.1) is 0 Å². The molecule has 0 saturated carbocycles. The molecule has 0 aliphatic carbocycles. The maximum atomic E-state index is 12.5. The van der Waals surface area contributed by atoms with Gasteiger partial charge in [0, 0.05) is 0 Å². The molecule has 24 heavy (non-hydrogen) atoms. The molecule has 0 bridgehead atoms. The predicted octanol–water partition coefficient (Wildman–Crippen LogP) is 3.67. The summed E-state index contributed by atoms with van der Waals surface area (Å²) in [6.07, 6.45) is 0.224. The van der Waals surface area contributed by atoms with Gasteiger partial charge in [-0.25, -0.2) is 14.4 Å². The highest BCUT2D eigenvalue weighted by Gasteiger charge is 2.40. The molecule has 0 aromatic rings. The van der Waals surface area contributed by atoms with Crippen LogP contribution in [0.25, 0.3) is 0 Å². The van der Waals surface area contributed by atoms with Gasteiger partial charge < -0.3 is 14.2 Å². The number of carbonyl (C=O) groups excluding carboxylic acids is 3. The van der Waals surface area contributed by atoms with Gasteiger partial charge >= 0.3 is 18.2 Å². The van der Waals surface area contributed by atoms with Gasteiger partial charge in [-0.2, -0.15) is 4.90 Å². The Labute approximate surface area is 143 Å². The molecule has 0 fully saturated rings. The monoisotopic (exact) mass is 343 g/mol. The van der Waals surface area contributed by atoms with Crippen LogP contribution in [0.5, 0.6) is 0 Å². The summed E-state index contributed by atoms with van der Waals surface area (Å²) in [5, 5.41) is 0. The van der Waals surface area contributed by atoms with E-state index in [4.69, 9.17) is 14.2 Å². The highest BCUT2D eigenvalue weighted by molar-refractivity contribution is 5.94. The minimum absolute atomic E-state index is 0.161. The maximum Gasteiger partial charge on any atom is 0.420 e. The van der Waals surface area contributed by atoms with E-state index in [1.807, 2.05) is 0 Å². The molecular formula is C17H29NO6. The highest BCUT2D eigenvalue weighted by Crippen LogP contribution is 2.19. The number of rotatable bonds is 5. The topological polar surface area (TPSA) is 82.1 Å². The lowest BCUT2D eigenvalue weighted by molar-refractivity contribution is -0.146. The minimum atomic E-state index is -1.15. The standard InChI is InChI=1S/C17H29NO6/c1-9-10-11-12(13(19)22-8)18(14(20)23-16(2,3)4)15(21)24-17(5,6)7/h9,12H,1,10-11H2,2-8H3/t12-/m0/s1. The number of esters is 1. The van der Waals surface area contributed by atoms with E-state index in [1.54, 1.807) is 47.6 Å². The van der Waals surface area contributed by atoms with Crippen molar-refractivity contribution in [2.45, 2.75) is 71.6 Å². The van der Waals surface area contributed by atoms with Crippen molar-refractivity contribution >= 4 is 18.2 Å². The van der Waals surface area contributed by atoms with Crippen LogP contribution in [-0.4, -0.2) is 47.4 Å². The molecule has 0 aliphatic heterocycles. The van der Waals surface area contributed by atoms with Crippen LogP contribution in [-0.2, 0) is 19.0 Å². The zero-order valence-corrected chi connectivity index (χ0v) is 15.7. The first-order chi connectivity index (χ1) is 10.8. The zero-order chi connectivity index (χ0) is 19.1. The molecule has 7 heteroatoms. The second kappa shape index (κ2) is 8.70. The summed E-state index contributed by atoms with van der Waals surface area (Å²) in [5.41, 5.74) is -1.67. The van der Waals surface area contributed by atoms with Crippen molar-refractivity contribution in [1.82, 2.24) is 4.90 Å². The summed E-state index contributed by atoms with van der Waals surface area (Å²) in [4.78, 5) is 37.7. The number of methoxy groups -OCH3 is 1. The molecule has 0 N–H and O–H groups in total. The van der Waals surface area contributed by atoms with E-state index < -0.39 is 35.4 Å². The van der Waals surface area contributed by atoms with Gasteiger partial charge in [-0.1, -0.05) is 6.08 Å². The number of hydrogen-bond acceptors (Lipinski definition) is 6. The zero-order valence-electron chi connectivity index (χ0n) is 15.7. The molecule has 2 amide bonds. The van der Waals surface area contributed by atoms with Gasteiger partial charge in [0.1, 0.15) is 17.2 Å². The van der Waals surface area contributed by atoms with Gasteiger partial charge in [0.25, 0.3) is 0 Å². The van der Waals surface area contributed by atoms with Crippen molar-refractivity contribution < 1.29 is 28.6 Å². The van der Waals surface area contributed by atoms with Gasteiger partial charge in [-0.05, 0) is 54.4 Å². The summed E-state index contributed by atoms with van der Waals surface area (Å²) in [6.45, 7) is 13.6. The molecule has 0 aliphatic rings. The Morgan fingerprint density at radius 2 is 1.42 bits per heavy atom. The number of imide groups is 1. The van der Waals surface area contributed by atoms with Gasteiger partial charge in [-0.3, -0.25) is 0 Å². The van der Waals surface area contributed by atoms with Crippen LogP contribution < -0.4 is 0 Å².